The first-order chi connectivity index (χ1) is 11.4. The number of nitrogens with zero attached hydrogens (tertiary/aromatic N) is 1. The number of carbonyl (C=O) groups is 2. The van der Waals surface area contributed by atoms with Crippen molar-refractivity contribution in [1.82, 2.24) is 9.88 Å². The number of hydrogen-bond acceptors (Lipinski definition) is 3. The molecule has 1 N–H and O–H groups in total. The van der Waals surface area contributed by atoms with Crippen LogP contribution in [-0.4, -0.2) is 23.1 Å². The molecule has 0 aliphatic carbocycles. The van der Waals surface area contributed by atoms with E-state index in [2.05, 4.69) is 5.32 Å². The zero-order valence-corrected chi connectivity index (χ0v) is 14.8. The number of halogens is 1. The highest BCUT2D eigenvalue weighted by Crippen LogP contribution is 2.16. The third-order valence-corrected chi connectivity index (χ3v) is 4.03. The summed E-state index contributed by atoms with van der Waals surface area (Å²) in [4.78, 5) is 24.1. The molecule has 1 heterocycles. The van der Waals surface area contributed by atoms with Gasteiger partial charge in [0.15, 0.2) is 0 Å². The summed E-state index contributed by atoms with van der Waals surface area (Å²) < 4.78 is 6.84. The number of rotatable bonds is 6. The van der Waals surface area contributed by atoms with Crippen LogP contribution in [0.4, 0.5) is 0 Å². The summed E-state index contributed by atoms with van der Waals surface area (Å²) in [5.41, 5.74) is 3.05. The number of carbonyl (C=O) groups excluding carboxylic acids is 2. The predicted molar refractivity (Wildman–Crippen MR) is 93.2 cm³/mol. The molecule has 0 radical (unpaired) electrons. The number of aromatic nitrogens is 1. The lowest BCUT2D eigenvalue weighted by Crippen LogP contribution is -2.28. The number of aryl methyl sites for hydroxylation is 1. The summed E-state index contributed by atoms with van der Waals surface area (Å²) in [6.45, 7) is 6.35. The minimum absolute atomic E-state index is 0.123. The minimum atomic E-state index is -0.363. The lowest BCUT2D eigenvalue weighted by atomic mass is 10.2. The second kappa shape index (κ2) is 8.02. The second-order valence-electron chi connectivity index (χ2n) is 5.49. The van der Waals surface area contributed by atoms with Crippen LogP contribution in [0.15, 0.2) is 30.3 Å². The number of ether oxygens (including phenoxy) is 1. The fraction of sp³-hybridized carbons (Fsp3) is 0.333. The molecule has 0 spiro atoms. The first kappa shape index (κ1) is 18.1. The van der Waals surface area contributed by atoms with E-state index in [9.17, 15) is 9.59 Å². The Labute approximate surface area is 146 Å². The molecule has 24 heavy (non-hydrogen) atoms. The molecule has 128 valence electrons. The smallest absolute Gasteiger partial charge is 0.339 e. The van der Waals surface area contributed by atoms with E-state index in [4.69, 9.17) is 16.3 Å². The topological polar surface area (TPSA) is 60.3 Å². The van der Waals surface area contributed by atoms with Gasteiger partial charge in [-0.05, 0) is 44.5 Å². The van der Waals surface area contributed by atoms with Crippen LogP contribution in [0.2, 0.25) is 5.02 Å². The second-order valence-corrected chi connectivity index (χ2v) is 5.93. The molecule has 5 nitrogen and oxygen atoms in total. The predicted octanol–water partition coefficient (Wildman–Crippen LogP) is 3.25. The standard InChI is InChI=1S/C18H21ClN2O3/c1-4-24-18(23)16-9-12(2)21(13(16)3)11-17(22)20-10-14-5-7-15(19)8-6-14/h5-9H,4,10-11H2,1-3H3,(H,20,22). The molecule has 2 aromatic rings. The van der Waals surface area contributed by atoms with Crippen LogP contribution in [0, 0.1) is 13.8 Å². The summed E-state index contributed by atoms with van der Waals surface area (Å²) in [5, 5.41) is 3.53. The average molecular weight is 349 g/mol. The van der Waals surface area contributed by atoms with Crippen LogP contribution in [0.25, 0.3) is 0 Å². The molecule has 1 aromatic heterocycles. The molecule has 0 atom stereocenters. The van der Waals surface area contributed by atoms with Crippen molar-refractivity contribution in [2.45, 2.75) is 33.9 Å². The van der Waals surface area contributed by atoms with Crippen molar-refractivity contribution in [3.8, 4) is 0 Å². The van der Waals surface area contributed by atoms with Crippen LogP contribution in [0.5, 0.6) is 0 Å². The van der Waals surface area contributed by atoms with Gasteiger partial charge in [0.25, 0.3) is 0 Å². The van der Waals surface area contributed by atoms with E-state index in [-0.39, 0.29) is 18.4 Å². The molecule has 0 fully saturated rings. The molecule has 1 aromatic carbocycles. The van der Waals surface area contributed by atoms with Gasteiger partial charge in [-0.3, -0.25) is 4.79 Å². The van der Waals surface area contributed by atoms with E-state index in [1.54, 1.807) is 25.1 Å². The van der Waals surface area contributed by atoms with Crippen molar-refractivity contribution in [1.29, 1.82) is 0 Å². The maximum Gasteiger partial charge on any atom is 0.339 e. The van der Waals surface area contributed by atoms with Crippen molar-refractivity contribution < 1.29 is 14.3 Å². The molecular weight excluding hydrogens is 328 g/mol. The highest BCUT2D eigenvalue weighted by molar-refractivity contribution is 6.30. The highest BCUT2D eigenvalue weighted by atomic mass is 35.5. The van der Waals surface area contributed by atoms with Crippen molar-refractivity contribution in [2.24, 2.45) is 0 Å². The Balaban J connectivity index is 2.01. The van der Waals surface area contributed by atoms with Gasteiger partial charge in [0.1, 0.15) is 6.54 Å². The number of benzene rings is 1. The fourth-order valence-corrected chi connectivity index (χ4v) is 2.59. The van der Waals surface area contributed by atoms with Gasteiger partial charge in [-0.2, -0.15) is 0 Å². The van der Waals surface area contributed by atoms with E-state index >= 15 is 0 Å². The molecule has 0 saturated carbocycles. The molecular formula is C18H21ClN2O3. The Morgan fingerprint density at radius 2 is 1.88 bits per heavy atom. The monoisotopic (exact) mass is 348 g/mol. The van der Waals surface area contributed by atoms with Crippen LogP contribution in [0.1, 0.15) is 34.2 Å². The zero-order valence-electron chi connectivity index (χ0n) is 14.1. The third-order valence-electron chi connectivity index (χ3n) is 3.77. The third kappa shape index (κ3) is 4.38. The summed E-state index contributed by atoms with van der Waals surface area (Å²) >= 11 is 5.84. The van der Waals surface area contributed by atoms with Gasteiger partial charge in [0.05, 0.1) is 12.2 Å². The summed E-state index contributed by atoms with van der Waals surface area (Å²) in [7, 11) is 0. The van der Waals surface area contributed by atoms with Gasteiger partial charge in [0.2, 0.25) is 5.91 Å². The van der Waals surface area contributed by atoms with E-state index in [0.717, 1.165) is 17.0 Å². The largest absolute Gasteiger partial charge is 0.462 e. The van der Waals surface area contributed by atoms with Crippen molar-refractivity contribution in [2.75, 3.05) is 6.61 Å². The Morgan fingerprint density at radius 3 is 2.50 bits per heavy atom. The average Bonchev–Trinajstić information content (AvgIpc) is 2.83. The van der Waals surface area contributed by atoms with Gasteiger partial charge in [-0.15, -0.1) is 0 Å². The maximum atomic E-state index is 12.2. The molecule has 0 aliphatic heterocycles. The van der Waals surface area contributed by atoms with E-state index < -0.39 is 0 Å². The molecule has 2 rings (SSSR count). The van der Waals surface area contributed by atoms with Gasteiger partial charge >= 0.3 is 5.97 Å². The molecule has 0 bridgehead atoms. The summed E-state index contributed by atoms with van der Waals surface area (Å²) in [6, 6.07) is 9.06. The summed E-state index contributed by atoms with van der Waals surface area (Å²) in [5.74, 6) is -0.486. The van der Waals surface area contributed by atoms with E-state index in [1.807, 2.05) is 30.5 Å². The van der Waals surface area contributed by atoms with Crippen LogP contribution in [0.3, 0.4) is 0 Å². The number of nitrogens with one attached hydrogen (secondary N) is 1. The number of hydrogen-bond donors (Lipinski definition) is 1. The fourth-order valence-electron chi connectivity index (χ4n) is 2.46. The maximum absolute atomic E-state index is 12.2. The SMILES string of the molecule is CCOC(=O)c1cc(C)n(CC(=O)NCc2ccc(Cl)cc2)c1C. The molecule has 0 unspecified atom stereocenters. The molecule has 1 amide bonds. The first-order valence-electron chi connectivity index (χ1n) is 7.77. The minimum Gasteiger partial charge on any atom is -0.462 e. The Morgan fingerprint density at radius 1 is 1.21 bits per heavy atom. The van der Waals surface area contributed by atoms with Crippen molar-refractivity contribution in [3.05, 3.63) is 57.9 Å². The summed E-state index contributed by atoms with van der Waals surface area (Å²) in [6.07, 6.45) is 0. The number of amides is 1. The normalized spacial score (nSPS) is 10.5. The molecule has 6 heteroatoms. The lowest BCUT2D eigenvalue weighted by molar-refractivity contribution is -0.121. The van der Waals surface area contributed by atoms with Crippen LogP contribution < -0.4 is 5.32 Å². The quantitative estimate of drug-likeness (QED) is 0.815. The lowest BCUT2D eigenvalue weighted by Gasteiger charge is -2.10. The van der Waals surface area contributed by atoms with Crippen LogP contribution >= 0.6 is 11.6 Å². The molecule has 0 saturated heterocycles. The molecule has 0 aliphatic rings. The van der Waals surface area contributed by atoms with Crippen LogP contribution in [-0.2, 0) is 22.6 Å². The van der Waals surface area contributed by atoms with E-state index in [1.165, 1.54) is 0 Å². The highest BCUT2D eigenvalue weighted by Gasteiger charge is 2.17. The van der Waals surface area contributed by atoms with Gasteiger partial charge in [-0.1, -0.05) is 23.7 Å². The van der Waals surface area contributed by atoms with E-state index in [0.29, 0.717) is 23.7 Å². The number of esters is 1. The van der Waals surface area contributed by atoms with Gasteiger partial charge < -0.3 is 14.6 Å². The van der Waals surface area contributed by atoms with Crippen molar-refractivity contribution >= 4 is 23.5 Å². The first-order valence-corrected chi connectivity index (χ1v) is 8.15. The zero-order chi connectivity index (χ0) is 17.7. The Hall–Kier alpha value is -2.27. The van der Waals surface area contributed by atoms with Gasteiger partial charge in [0, 0.05) is 23.0 Å². The van der Waals surface area contributed by atoms with Crippen molar-refractivity contribution in [3.63, 3.8) is 0 Å². The Kier molecular flexibility index (Phi) is 6.04. The van der Waals surface area contributed by atoms with Gasteiger partial charge in [-0.25, -0.2) is 4.79 Å². The Bertz CT molecular complexity index is 735.